The highest BCUT2D eigenvalue weighted by atomic mass is 35.5. The van der Waals surface area contributed by atoms with Crippen LogP contribution < -0.4 is 10.6 Å². The molecule has 5 heteroatoms. The monoisotopic (exact) mass is 286 g/mol. The van der Waals surface area contributed by atoms with E-state index in [4.69, 9.17) is 4.74 Å². The second kappa shape index (κ2) is 9.78. The molecule has 19 heavy (non-hydrogen) atoms. The van der Waals surface area contributed by atoms with Crippen molar-refractivity contribution in [1.29, 1.82) is 0 Å². The van der Waals surface area contributed by atoms with Crippen molar-refractivity contribution >= 4 is 24.0 Å². The second-order valence-corrected chi connectivity index (χ2v) is 4.26. The van der Waals surface area contributed by atoms with Crippen molar-refractivity contribution in [3.8, 4) is 0 Å². The topological polar surface area (TPSA) is 50.4 Å². The molecule has 108 valence electrons. The number of ether oxygens (including phenoxy) is 1. The summed E-state index contributed by atoms with van der Waals surface area (Å²) < 4.78 is 5.25. The van der Waals surface area contributed by atoms with Gasteiger partial charge in [0.05, 0.1) is 6.10 Å². The molecule has 0 radical (unpaired) electrons. The van der Waals surface area contributed by atoms with Gasteiger partial charge in [-0.1, -0.05) is 12.1 Å². The summed E-state index contributed by atoms with van der Waals surface area (Å²) in [7, 11) is 3.56. The Morgan fingerprint density at radius 1 is 1.42 bits per heavy atom. The zero-order valence-corrected chi connectivity index (χ0v) is 12.5. The van der Waals surface area contributed by atoms with Crippen LogP contribution in [-0.4, -0.2) is 26.6 Å². The van der Waals surface area contributed by atoms with Gasteiger partial charge in [0.15, 0.2) is 0 Å². The van der Waals surface area contributed by atoms with Gasteiger partial charge in [0.2, 0.25) is 5.91 Å². The zero-order chi connectivity index (χ0) is 13.4. The van der Waals surface area contributed by atoms with Crippen LogP contribution in [0.25, 0.3) is 0 Å². The molecule has 0 saturated heterocycles. The molecular formula is C14H23ClN2O2. The molecule has 0 aromatic heterocycles. The minimum Gasteiger partial charge on any atom is -0.377 e. The average Bonchev–Trinajstić information content (AvgIpc) is 2.38. The molecule has 1 unspecified atom stereocenters. The molecule has 4 nitrogen and oxygen atoms in total. The minimum absolute atomic E-state index is 0. The number of methoxy groups -OCH3 is 1. The van der Waals surface area contributed by atoms with E-state index in [9.17, 15) is 4.79 Å². The van der Waals surface area contributed by atoms with E-state index in [1.807, 2.05) is 38.2 Å². The van der Waals surface area contributed by atoms with E-state index in [-0.39, 0.29) is 24.4 Å². The third-order valence-corrected chi connectivity index (χ3v) is 2.82. The standard InChI is InChI=1S/C14H22N2O2.ClH/c1-11(18-3)12-6-4-7-13(10-12)16-14(17)8-5-9-15-2;/h4,6-7,10-11,15H,5,8-9H2,1-3H3,(H,16,17);1H. The highest BCUT2D eigenvalue weighted by molar-refractivity contribution is 5.90. The van der Waals surface area contributed by atoms with Gasteiger partial charge in [0.1, 0.15) is 0 Å². The van der Waals surface area contributed by atoms with Crippen molar-refractivity contribution in [2.24, 2.45) is 0 Å². The summed E-state index contributed by atoms with van der Waals surface area (Å²) in [5, 5.41) is 5.92. The van der Waals surface area contributed by atoms with Crippen molar-refractivity contribution in [2.45, 2.75) is 25.9 Å². The molecule has 0 aliphatic carbocycles. The molecule has 1 rings (SSSR count). The SMILES string of the molecule is CNCCCC(=O)Nc1cccc(C(C)OC)c1.Cl. The van der Waals surface area contributed by atoms with Crippen molar-refractivity contribution in [1.82, 2.24) is 5.32 Å². The maximum atomic E-state index is 11.7. The Kier molecular flexibility index (Phi) is 9.21. The fourth-order valence-electron chi connectivity index (χ4n) is 1.65. The first kappa shape index (κ1) is 17.9. The number of halogens is 1. The summed E-state index contributed by atoms with van der Waals surface area (Å²) in [6.07, 6.45) is 1.41. The van der Waals surface area contributed by atoms with E-state index < -0.39 is 0 Å². The Morgan fingerprint density at radius 2 is 2.16 bits per heavy atom. The van der Waals surface area contributed by atoms with Crippen LogP contribution in [0.1, 0.15) is 31.4 Å². The maximum Gasteiger partial charge on any atom is 0.224 e. The molecule has 1 atom stereocenters. The summed E-state index contributed by atoms with van der Waals surface area (Å²) in [5.41, 5.74) is 1.89. The van der Waals surface area contributed by atoms with Crippen LogP contribution in [0.3, 0.4) is 0 Å². The van der Waals surface area contributed by atoms with Crippen molar-refractivity contribution in [3.05, 3.63) is 29.8 Å². The normalized spacial score (nSPS) is 11.5. The third-order valence-electron chi connectivity index (χ3n) is 2.82. The van der Waals surface area contributed by atoms with E-state index >= 15 is 0 Å². The van der Waals surface area contributed by atoms with Crippen LogP contribution in [-0.2, 0) is 9.53 Å². The molecule has 0 aliphatic heterocycles. The van der Waals surface area contributed by atoms with Gasteiger partial charge >= 0.3 is 0 Å². The number of carbonyl (C=O) groups excluding carboxylic acids is 1. The summed E-state index contributed by atoms with van der Waals surface area (Å²) in [5.74, 6) is 0.0486. The van der Waals surface area contributed by atoms with Gasteiger partial charge in [-0.15, -0.1) is 12.4 Å². The smallest absolute Gasteiger partial charge is 0.224 e. The molecule has 0 saturated carbocycles. The molecule has 0 bridgehead atoms. The lowest BCUT2D eigenvalue weighted by Gasteiger charge is -2.12. The summed E-state index contributed by atoms with van der Waals surface area (Å²) in [6.45, 7) is 2.84. The third kappa shape index (κ3) is 6.57. The van der Waals surface area contributed by atoms with Crippen molar-refractivity contribution in [3.63, 3.8) is 0 Å². The zero-order valence-electron chi connectivity index (χ0n) is 11.7. The predicted octanol–water partition coefficient (Wildman–Crippen LogP) is 2.75. The molecule has 2 N–H and O–H groups in total. The molecule has 1 amide bonds. The van der Waals surface area contributed by atoms with Crippen LogP contribution in [0, 0.1) is 0 Å². The molecule has 1 aromatic rings. The van der Waals surface area contributed by atoms with E-state index in [0.717, 1.165) is 24.2 Å². The Balaban J connectivity index is 0.00000324. The molecule has 0 spiro atoms. The van der Waals surface area contributed by atoms with Gasteiger partial charge in [-0.25, -0.2) is 0 Å². The number of nitrogens with one attached hydrogen (secondary N) is 2. The molecular weight excluding hydrogens is 264 g/mol. The van der Waals surface area contributed by atoms with Crippen LogP contribution >= 0.6 is 12.4 Å². The number of rotatable bonds is 7. The van der Waals surface area contributed by atoms with Gasteiger partial charge in [0, 0.05) is 19.2 Å². The van der Waals surface area contributed by atoms with Crippen molar-refractivity contribution < 1.29 is 9.53 Å². The Labute approximate surface area is 121 Å². The average molecular weight is 287 g/mol. The lowest BCUT2D eigenvalue weighted by Crippen LogP contribution is -2.15. The number of anilines is 1. The lowest BCUT2D eigenvalue weighted by molar-refractivity contribution is -0.116. The highest BCUT2D eigenvalue weighted by Crippen LogP contribution is 2.19. The minimum atomic E-state index is 0. The molecule has 0 heterocycles. The van der Waals surface area contributed by atoms with Crippen LogP contribution in [0.15, 0.2) is 24.3 Å². The number of amides is 1. The fraction of sp³-hybridized carbons (Fsp3) is 0.500. The van der Waals surface area contributed by atoms with E-state index in [2.05, 4.69) is 10.6 Å². The number of carbonyl (C=O) groups is 1. The largest absolute Gasteiger partial charge is 0.377 e. The van der Waals surface area contributed by atoms with Gasteiger partial charge in [-0.2, -0.15) is 0 Å². The quantitative estimate of drug-likeness (QED) is 0.758. The Hall–Kier alpha value is -1.10. The number of hydrogen-bond donors (Lipinski definition) is 2. The van der Waals surface area contributed by atoms with Crippen LogP contribution in [0.5, 0.6) is 0 Å². The van der Waals surface area contributed by atoms with Gasteiger partial charge in [-0.05, 0) is 44.6 Å². The summed E-state index contributed by atoms with van der Waals surface area (Å²) in [6, 6.07) is 7.75. The predicted molar refractivity (Wildman–Crippen MR) is 80.9 cm³/mol. The van der Waals surface area contributed by atoms with Crippen LogP contribution in [0.4, 0.5) is 5.69 Å². The second-order valence-electron chi connectivity index (χ2n) is 4.26. The molecule has 0 fully saturated rings. The first-order chi connectivity index (χ1) is 8.67. The van der Waals surface area contributed by atoms with Crippen molar-refractivity contribution in [2.75, 3.05) is 26.0 Å². The number of hydrogen-bond acceptors (Lipinski definition) is 3. The van der Waals surface area contributed by atoms with E-state index in [1.165, 1.54) is 0 Å². The van der Waals surface area contributed by atoms with E-state index in [0.29, 0.717) is 6.42 Å². The maximum absolute atomic E-state index is 11.7. The first-order valence-corrected chi connectivity index (χ1v) is 6.24. The summed E-state index contributed by atoms with van der Waals surface area (Å²) >= 11 is 0. The van der Waals surface area contributed by atoms with Gasteiger partial charge in [-0.3, -0.25) is 4.79 Å². The number of benzene rings is 1. The summed E-state index contributed by atoms with van der Waals surface area (Å²) in [4.78, 5) is 11.7. The van der Waals surface area contributed by atoms with Gasteiger partial charge in [0.25, 0.3) is 0 Å². The fourth-order valence-corrected chi connectivity index (χ4v) is 1.65. The highest BCUT2D eigenvalue weighted by Gasteiger charge is 2.06. The molecule has 0 aliphatic rings. The van der Waals surface area contributed by atoms with Crippen LogP contribution in [0.2, 0.25) is 0 Å². The lowest BCUT2D eigenvalue weighted by atomic mass is 10.1. The Bertz CT molecular complexity index is 385. The van der Waals surface area contributed by atoms with Gasteiger partial charge < -0.3 is 15.4 Å². The molecule has 1 aromatic carbocycles. The Morgan fingerprint density at radius 3 is 2.79 bits per heavy atom. The first-order valence-electron chi connectivity index (χ1n) is 6.24. The van der Waals surface area contributed by atoms with E-state index in [1.54, 1.807) is 7.11 Å².